The highest BCUT2D eigenvalue weighted by molar-refractivity contribution is 6.52. The Morgan fingerprint density at radius 2 is 1.14 bits per heavy atom. The molecule has 1 rings (SSSR count). The summed E-state index contributed by atoms with van der Waals surface area (Å²) in [5.74, 6) is 0.690. The molecule has 1 saturated heterocycles. The van der Waals surface area contributed by atoms with E-state index in [1.165, 1.54) is 5.98 Å². The van der Waals surface area contributed by atoms with Crippen molar-refractivity contribution in [2.45, 2.75) is 79.8 Å². The van der Waals surface area contributed by atoms with E-state index in [0.29, 0.717) is 0 Å². The fourth-order valence-electron chi connectivity index (χ4n) is 3.48. The van der Waals surface area contributed by atoms with Crippen molar-refractivity contribution in [2.24, 2.45) is 23.7 Å². The first-order valence-corrected chi connectivity index (χ1v) is 10.1. The first kappa shape index (κ1) is 24.5. The van der Waals surface area contributed by atoms with Gasteiger partial charge in [0.15, 0.2) is 12.2 Å². The number of carbonyl (C=O) groups excluding carboxylic acids is 2. The standard InChI is InChI=1S/C21H35BO6/c1-10-11-22-27-18(20(23)25-16(12(2)3)13(4)5)19(28-22)21(24)26-17(14(6)7)15(8)9/h11-19H,1H2,2-9H3/t18-,19-/m1/s1. The van der Waals surface area contributed by atoms with Crippen molar-refractivity contribution in [1.82, 2.24) is 0 Å². The first-order valence-electron chi connectivity index (χ1n) is 10.1. The Morgan fingerprint density at radius 3 is 1.39 bits per heavy atom. The SMILES string of the molecule is C=C=CB1O[C@@H](C(=O)OC(C(C)C)C(C)C)[C@H](C(=O)OC(C(C)C)C(C)C)O1. The topological polar surface area (TPSA) is 71.1 Å². The number of hydrogen-bond donors (Lipinski definition) is 0. The molecule has 0 spiro atoms. The van der Waals surface area contributed by atoms with Crippen molar-refractivity contribution in [3.8, 4) is 0 Å². The van der Waals surface area contributed by atoms with E-state index in [1.54, 1.807) is 0 Å². The lowest BCUT2D eigenvalue weighted by Crippen LogP contribution is -2.44. The molecule has 0 saturated carbocycles. The minimum absolute atomic E-state index is 0.131. The van der Waals surface area contributed by atoms with Crippen LogP contribution in [0.1, 0.15) is 55.4 Å². The summed E-state index contributed by atoms with van der Waals surface area (Å²) in [5.41, 5.74) is 2.55. The third-order valence-electron chi connectivity index (χ3n) is 4.69. The first-order chi connectivity index (χ1) is 13.0. The van der Waals surface area contributed by atoms with Gasteiger partial charge in [-0.2, -0.15) is 0 Å². The van der Waals surface area contributed by atoms with Crippen LogP contribution in [0.4, 0.5) is 0 Å². The van der Waals surface area contributed by atoms with Crippen molar-refractivity contribution in [3.63, 3.8) is 0 Å². The van der Waals surface area contributed by atoms with Crippen LogP contribution in [0.25, 0.3) is 0 Å². The summed E-state index contributed by atoms with van der Waals surface area (Å²) in [6, 6.07) is 0. The molecule has 158 valence electrons. The second kappa shape index (κ2) is 10.8. The van der Waals surface area contributed by atoms with Crippen LogP contribution in [0.5, 0.6) is 0 Å². The molecule has 0 radical (unpaired) electrons. The molecular weight excluding hydrogens is 359 g/mol. The second-order valence-corrected chi connectivity index (χ2v) is 8.63. The summed E-state index contributed by atoms with van der Waals surface area (Å²) < 4.78 is 22.5. The van der Waals surface area contributed by atoms with Gasteiger partial charge in [-0.25, -0.2) is 9.59 Å². The number of esters is 2. The van der Waals surface area contributed by atoms with Crippen molar-refractivity contribution < 1.29 is 28.4 Å². The molecule has 1 aliphatic heterocycles. The summed E-state index contributed by atoms with van der Waals surface area (Å²) in [6.07, 6.45) is -2.97. The van der Waals surface area contributed by atoms with Gasteiger partial charge in [0.1, 0.15) is 12.2 Å². The van der Waals surface area contributed by atoms with Gasteiger partial charge in [0.05, 0.1) is 0 Å². The third kappa shape index (κ3) is 6.51. The monoisotopic (exact) mass is 394 g/mol. The van der Waals surface area contributed by atoms with Gasteiger partial charge in [0, 0.05) is 0 Å². The van der Waals surface area contributed by atoms with Gasteiger partial charge in [0.25, 0.3) is 0 Å². The van der Waals surface area contributed by atoms with E-state index in [2.05, 4.69) is 12.3 Å². The fourth-order valence-corrected chi connectivity index (χ4v) is 3.48. The molecule has 0 aliphatic carbocycles. The fraction of sp³-hybridized carbons (Fsp3) is 0.762. The van der Waals surface area contributed by atoms with Gasteiger partial charge in [-0.15, -0.1) is 5.73 Å². The molecule has 1 heterocycles. The van der Waals surface area contributed by atoms with Crippen molar-refractivity contribution in [1.29, 1.82) is 0 Å². The van der Waals surface area contributed by atoms with Crippen LogP contribution in [0.3, 0.4) is 0 Å². The van der Waals surface area contributed by atoms with Crippen molar-refractivity contribution in [3.05, 3.63) is 18.3 Å². The number of carbonyl (C=O) groups is 2. The molecule has 2 atom stereocenters. The maximum absolute atomic E-state index is 12.8. The molecule has 28 heavy (non-hydrogen) atoms. The Balaban J connectivity index is 3.00. The zero-order valence-electron chi connectivity index (χ0n) is 18.4. The van der Waals surface area contributed by atoms with E-state index in [9.17, 15) is 9.59 Å². The zero-order chi connectivity index (χ0) is 21.6. The Labute approximate surface area is 169 Å². The van der Waals surface area contributed by atoms with Crippen LogP contribution in [0.15, 0.2) is 18.3 Å². The van der Waals surface area contributed by atoms with Gasteiger partial charge >= 0.3 is 19.1 Å². The lowest BCUT2D eigenvalue weighted by atomic mass is 9.91. The van der Waals surface area contributed by atoms with Gasteiger partial charge in [-0.1, -0.05) is 62.0 Å². The van der Waals surface area contributed by atoms with Gasteiger partial charge in [-0.3, -0.25) is 0 Å². The quantitative estimate of drug-likeness (QED) is 0.338. The molecule has 0 amide bonds. The van der Waals surface area contributed by atoms with Crippen LogP contribution < -0.4 is 0 Å². The number of ether oxygens (including phenoxy) is 2. The maximum atomic E-state index is 12.8. The molecule has 0 aromatic carbocycles. The lowest BCUT2D eigenvalue weighted by molar-refractivity contribution is -0.174. The Morgan fingerprint density at radius 1 is 0.821 bits per heavy atom. The molecule has 0 N–H and O–H groups in total. The third-order valence-corrected chi connectivity index (χ3v) is 4.69. The average molecular weight is 394 g/mol. The minimum Gasteiger partial charge on any atom is -0.460 e. The van der Waals surface area contributed by atoms with E-state index >= 15 is 0 Å². The van der Waals surface area contributed by atoms with E-state index < -0.39 is 31.3 Å². The van der Waals surface area contributed by atoms with E-state index in [-0.39, 0.29) is 35.9 Å². The van der Waals surface area contributed by atoms with E-state index in [4.69, 9.17) is 18.8 Å². The Bertz CT molecular complexity index is 521. The molecule has 7 heteroatoms. The molecule has 0 aromatic heterocycles. The predicted octanol–water partition coefficient (Wildman–Crippen LogP) is 3.59. The maximum Gasteiger partial charge on any atom is 0.495 e. The van der Waals surface area contributed by atoms with Crippen LogP contribution in [-0.2, 0) is 28.4 Å². The van der Waals surface area contributed by atoms with Crippen LogP contribution in [-0.4, -0.2) is 43.5 Å². The molecule has 0 unspecified atom stereocenters. The van der Waals surface area contributed by atoms with Crippen molar-refractivity contribution in [2.75, 3.05) is 0 Å². The lowest BCUT2D eigenvalue weighted by Gasteiger charge is -2.28. The number of hydrogen-bond acceptors (Lipinski definition) is 6. The Hall–Kier alpha value is -1.56. The van der Waals surface area contributed by atoms with Gasteiger partial charge in [0.2, 0.25) is 0 Å². The largest absolute Gasteiger partial charge is 0.495 e. The highest BCUT2D eigenvalue weighted by Gasteiger charge is 2.49. The van der Waals surface area contributed by atoms with Gasteiger partial charge in [-0.05, 0) is 29.6 Å². The summed E-state index contributed by atoms with van der Waals surface area (Å²) in [5, 5.41) is 0. The summed E-state index contributed by atoms with van der Waals surface area (Å²) in [6.45, 7) is 19.3. The molecular formula is C21H35BO6. The summed E-state index contributed by atoms with van der Waals surface area (Å²) >= 11 is 0. The molecule has 1 aliphatic rings. The highest BCUT2D eigenvalue weighted by Crippen LogP contribution is 2.25. The summed E-state index contributed by atoms with van der Waals surface area (Å²) in [4.78, 5) is 25.6. The van der Waals surface area contributed by atoms with Crippen molar-refractivity contribution >= 4 is 19.1 Å². The number of rotatable bonds is 9. The average Bonchev–Trinajstić information content (AvgIpc) is 3.00. The molecule has 0 bridgehead atoms. The normalized spacial score (nSPS) is 19.9. The molecule has 1 fully saturated rings. The molecule has 6 nitrogen and oxygen atoms in total. The van der Waals surface area contributed by atoms with Crippen LogP contribution in [0, 0.1) is 23.7 Å². The predicted molar refractivity (Wildman–Crippen MR) is 108 cm³/mol. The van der Waals surface area contributed by atoms with E-state index in [1.807, 2.05) is 55.4 Å². The Kier molecular flexibility index (Phi) is 9.48. The second-order valence-electron chi connectivity index (χ2n) is 8.63. The van der Waals surface area contributed by atoms with Crippen LogP contribution in [0.2, 0.25) is 0 Å². The minimum atomic E-state index is -1.19. The van der Waals surface area contributed by atoms with Crippen LogP contribution >= 0.6 is 0 Å². The molecule has 0 aromatic rings. The smallest absolute Gasteiger partial charge is 0.460 e. The zero-order valence-corrected chi connectivity index (χ0v) is 18.4. The highest BCUT2D eigenvalue weighted by atomic mass is 16.7. The summed E-state index contributed by atoms with van der Waals surface area (Å²) in [7, 11) is -0.902. The van der Waals surface area contributed by atoms with E-state index in [0.717, 1.165) is 0 Å². The van der Waals surface area contributed by atoms with Gasteiger partial charge < -0.3 is 18.8 Å².